The highest BCUT2D eigenvalue weighted by molar-refractivity contribution is 6.30. The van der Waals surface area contributed by atoms with Gasteiger partial charge in [0, 0.05) is 28.0 Å². The number of hydrogen-bond acceptors (Lipinski definition) is 3. The molecule has 0 bridgehead atoms. The number of ketones is 1. The number of fused-ring (bicyclic) bond motifs is 1. The van der Waals surface area contributed by atoms with Crippen LogP contribution >= 0.6 is 11.6 Å². The summed E-state index contributed by atoms with van der Waals surface area (Å²) in [6.45, 7) is 1.66. The van der Waals surface area contributed by atoms with E-state index in [0.717, 1.165) is 0 Å². The van der Waals surface area contributed by atoms with Crippen molar-refractivity contribution in [3.8, 4) is 0 Å². The van der Waals surface area contributed by atoms with Gasteiger partial charge in [0.15, 0.2) is 5.78 Å². The van der Waals surface area contributed by atoms with E-state index in [2.05, 4.69) is 10.6 Å². The van der Waals surface area contributed by atoms with Gasteiger partial charge in [0.2, 0.25) is 0 Å². The van der Waals surface area contributed by atoms with Gasteiger partial charge in [-0.15, -0.1) is 0 Å². The lowest BCUT2D eigenvalue weighted by atomic mass is 9.78. The zero-order valence-electron chi connectivity index (χ0n) is 18.1. The van der Waals surface area contributed by atoms with Crippen molar-refractivity contribution in [2.45, 2.75) is 31.4 Å². The van der Waals surface area contributed by atoms with Crippen LogP contribution in [-0.2, 0) is 12.4 Å². The Morgan fingerprint density at radius 1 is 0.886 bits per heavy atom. The molecule has 0 spiro atoms. The molecule has 1 heterocycles. The maximum absolute atomic E-state index is 13.6. The number of carbonyl (C=O) groups is 1. The van der Waals surface area contributed by atoms with Gasteiger partial charge in [-0.05, 0) is 61.0 Å². The SMILES string of the molecule is C[C@@H]1Nc2ccccc2[C@H](Nc2ccc(Cl)cc2)C1C(=O)c1cc(C(F)(F)F)cc(C(F)(F)F)c1. The molecule has 0 fully saturated rings. The van der Waals surface area contributed by atoms with Crippen molar-refractivity contribution in [1.29, 1.82) is 0 Å². The molecule has 0 radical (unpaired) electrons. The van der Waals surface area contributed by atoms with Crippen LogP contribution in [-0.4, -0.2) is 11.8 Å². The molecule has 0 aliphatic carbocycles. The van der Waals surface area contributed by atoms with Gasteiger partial charge in [0.05, 0.1) is 23.1 Å². The van der Waals surface area contributed by atoms with Crippen molar-refractivity contribution in [2.24, 2.45) is 5.92 Å². The van der Waals surface area contributed by atoms with Crippen LogP contribution in [0, 0.1) is 5.92 Å². The smallest absolute Gasteiger partial charge is 0.381 e. The van der Waals surface area contributed by atoms with Gasteiger partial charge in [-0.1, -0.05) is 29.8 Å². The Kier molecular flexibility index (Phi) is 6.48. The molecule has 0 saturated carbocycles. The van der Waals surface area contributed by atoms with E-state index in [4.69, 9.17) is 11.6 Å². The van der Waals surface area contributed by atoms with Crippen LogP contribution in [0.1, 0.15) is 40.0 Å². The Morgan fingerprint density at radius 3 is 2.03 bits per heavy atom. The van der Waals surface area contributed by atoms with Crippen LogP contribution in [0.3, 0.4) is 0 Å². The molecule has 184 valence electrons. The highest BCUT2D eigenvalue weighted by Gasteiger charge is 2.42. The van der Waals surface area contributed by atoms with E-state index in [-0.39, 0.29) is 6.07 Å². The number of benzene rings is 3. The quantitative estimate of drug-likeness (QED) is 0.276. The van der Waals surface area contributed by atoms with Crippen molar-refractivity contribution in [1.82, 2.24) is 0 Å². The third kappa shape index (κ3) is 5.24. The minimum absolute atomic E-state index is 0.0120. The number of rotatable bonds is 4. The van der Waals surface area contributed by atoms with Crippen LogP contribution in [0.15, 0.2) is 66.7 Å². The minimum atomic E-state index is -5.06. The Labute approximate surface area is 202 Å². The number of anilines is 2. The fourth-order valence-electron chi connectivity index (χ4n) is 4.28. The molecule has 3 aromatic carbocycles. The Hall–Kier alpha value is -3.20. The lowest BCUT2D eigenvalue weighted by Gasteiger charge is -2.39. The third-order valence-corrected chi connectivity index (χ3v) is 6.17. The van der Waals surface area contributed by atoms with Crippen LogP contribution < -0.4 is 10.6 Å². The highest BCUT2D eigenvalue weighted by atomic mass is 35.5. The third-order valence-electron chi connectivity index (χ3n) is 5.92. The first kappa shape index (κ1) is 24.9. The van der Waals surface area contributed by atoms with Crippen LogP contribution in [0.4, 0.5) is 37.7 Å². The van der Waals surface area contributed by atoms with Crippen molar-refractivity contribution in [2.75, 3.05) is 10.6 Å². The average molecular weight is 513 g/mol. The summed E-state index contributed by atoms with van der Waals surface area (Å²) in [6.07, 6.45) is -10.1. The first-order valence-corrected chi connectivity index (χ1v) is 10.9. The predicted octanol–water partition coefficient (Wildman–Crippen LogP) is 7.84. The lowest BCUT2D eigenvalue weighted by Crippen LogP contribution is -2.43. The molecular formula is C25H19ClF6N2O. The summed E-state index contributed by atoms with van der Waals surface area (Å²) >= 11 is 5.95. The number of alkyl halides is 6. The van der Waals surface area contributed by atoms with E-state index in [1.54, 1.807) is 55.5 Å². The molecule has 0 amide bonds. The first-order valence-electron chi connectivity index (χ1n) is 10.6. The summed E-state index contributed by atoms with van der Waals surface area (Å²) < 4.78 is 80.4. The summed E-state index contributed by atoms with van der Waals surface area (Å²) in [6, 6.07) is 13.3. The zero-order valence-corrected chi connectivity index (χ0v) is 18.9. The molecule has 10 heteroatoms. The topological polar surface area (TPSA) is 41.1 Å². The molecule has 3 atom stereocenters. The van der Waals surface area contributed by atoms with Crippen molar-refractivity contribution >= 4 is 28.8 Å². The largest absolute Gasteiger partial charge is 0.416 e. The molecule has 35 heavy (non-hydrogen) atoms. The average Bonchev–Trinajstić information content (AvgIpc) is 2.78. The Balaban J connectivity index is 1.82. The number of carbonyl (C=O) groups excluding carboxylic acids is 1. The second-order valence-electron chi connectivity index (χ2n) is 8.33. The van der Waals surface area contributed by atoms with Crippen LogP contribution in [0.5, 0.6) is 0 Å². The first-order chi connectivity index (χ1) is 16.3. The summed E-state index contributed by atoms with van der Waals surface area (Å²) in [5.41, 5.74) is -1.78. The molecule has 4 rings (SSSR count). The fraction of sp³-hybridized carbons (Fsp3) is 0.240. The number of hydrogen-bond donors (Lipinski definition) is 2. The van der Waals surface area contributed by atoms with E-state index in [1.165, 1.54) is 0 Å². The van der Waals surface area contributed by atoms with Gasteiger partial charge >= 0.3 is 12.4 Å². The molecule has 1 aliphatic rings. The van der Waals surface area contributed by atoms with Gasteiger partial charge in [0.1, 0.15) is 0 Å². The van der Waals surface area contributed by atoms with Gasteiger partial charge in [-0.2, -0.15) is 26.3 Å². The lowest BCUT2D eigenvalue weighted by molar-refractivity contribution is -0.143. The van der Waals surface area contributed by atoms with Gasteiger partial charge in [-0.3, -0.25) is 4.79 Å². The maximum atomic E-state index is 13.6. The Morgan fingerprint density at radius 2 is 1.46 bits per heavy atom. The number of Topliss-reactive ketones (excluding diaryl/α,β-unsaturated/α-hetero) is 1. The summed E-state index contributed by atoms with van der Waals surface area (Å²) in [4.78, 5) is 13.6. The molecule has 2 N–H and O–H groups in total. The highest BCUT2D eigenvalue weighted by Crippen LogP contribution is 2.42. The normalized spacial score (nSPS) is 20.1. The van der Waals surface area contributed by atoms with Crippen molar-refractivity contribution in [3.05, 3.63) is 94.0 Å². The molecule has 0 aromatic heterocycles. The van der Waals surface area contributed by atoms with Gasteiger partial charge in [0.25, 0.3) is 0 Å². The summed E-state index contributed by atoms with van der Waals surface area (Å²) in [5.74, 6) is -1.87. The minimum Gasteiger partial charge on any atom is -0.381 e. The second-order valence-corrected chi connectivity index (χ2v) is 8.77. The molecular weight excluding hydrogens is 494 g/mol. The van der Waals surface area contributed by atoms with E-state index in [9.17, 15) is 31.1 Å². The van der Waals surface area contributed by atoms with E-state index >= 15 is 0 Å². The van der Waals surface area contributed by atoms with E-state index < -0.39 is 52.8 Å². The monoisotopic (exact) mass is 512 g/mol. The van der Waals surface area contributed by atoms with Crippen molar-refractivity contribution < 1.29 is 31.1 Å². The maximum Gasteiger partial charge on any atom is 0.416 e. The number of para-hydroxylation sites is 1. The standard InChI is InChI=1S/C25H19ClF6N2O/c1-13-21(23(35)14-10-15(24(27,28)29)12-16(11-14)25(30,31)32)22(19-4-2-3-5-20(19)33-13)34-18-8-6-17(26)7-9-18/h2-13,21-22,33-34H,1H3/t13-,21?,22-/m0/s1. The summed E-state index contributed by atoms with van der Waals surface area (Å²) in [5, 5.41) is 6.85. The molecule has 3 aromatic rings. The molecule has 1 aliphatic heterocycles. The zero-order chi connectivity index (χ0) is 25.5. The fourth-order valence-corrected chi connectivity index (χ4v) is 4.40. The van der Waals surface area contributed by atoms with Crippen LogP contribution in [0.25, 0.3) is 0 Å². The molecule has 1 unspecified atom stereocenters. The van der Waals surface area contributed by atoms with Crippen molar-refractivity contribution in [3.63, 3.8) is 0 Å². The van der Waals surface area contributed by atoms with Gasteiger partial charge < -0.3 is 10.6 Å². The number of nitrogens with one attached hydrogen (secondary N) is 2. The van der Waals surface area contributed by atoms with Crippen LogP contribution in [0.2, 0.25) is 5.02 Å². The predicted molar refractivity (Wildman–Crippen MR) is 122 cm³/mol. The molecule has 3 nitrogen and oxygen atoms in total. The number of halogens is 7. The molecule has 0 saturated heterocycles. The Bertz CT molecular complexity index is 1210. The summed E-state index contributed by atoms with van der Waals surface area (Å²) in [7, 11) is 0. The van der Waals surface area contributed by atoms with E-state index in [1.807, 2.05) is 0 Å². The van der Waals surface area contributed by atoms with Gasteiger partial charge in [-0.25, -0.2) is 0 Å². The second kappa shape index (κ2) is 9.11. The van der Waals surface area contributed by atoms with E-state index in [0.29, 0.717) is 34.1 Å².